The van der Waals surface area contributed by atoms with Crippen LogP contribution in [0.2, 0.25) is 0 Å². The van der Waals surface area contributed by atoms with Crippen LogP contribution in [0, 0.1) is 0 Å². The van der Waals surface area contributed by atoms with Gasteiger partial charge in [-0.1, -0.05) is 20.3 Å². The van der Waals surface area contributed by atoms with Gasteiger partial charge in [0, 0.05) is 20.2 Å². The fourth-order valence-corrected chi connectivity index (χ4v) is 2.05. The number of aliphatic hydroxyl groups is 1. The maximum absolute atomic E-state index is 11.8. The quantitative estimate of drug-likeness (QED) is 0.822. The molecule has 1 rings (SSSR count). The first-order valence-corrected chi connectivity index (χ1v) is 6.69. The molecule has 1 saturated heterocycles. The monoisotopic (exact) mass is 261 g/mol. The van der Waals surface area contributed by atoms with Gasteiger partial charge in [0.25, 0.3) is 10.0 Å². The molecule has 0 aromatic heterocycles. The highest BCUT2D eigenvalue weighted by molar-refractivity contribution is 7.89. The molecular formula is C9H21F2NO3S. The number of halogens is 2. The minimum atomic E-state index is -4.28. The molecule has 100 valence electrons. The summed E-state index contributed by atoms with van der Waals surface area (Å²) in [4.78, 5) is 0. The molecule has 4 nitrogen and oxygen atoms in total. The Hall–Kier alpha value is -0.270. The van der Waals surface area contributed by atoms with Crippen LogP contribution in [0.3, 0.4) is 0 Å². The fraction of sp³-hybridized carbons (Fsp3) is 1.00. The molecule has 0 radical (unpaired) electrons. The predicted molar refractivity (Wildman–Crippen MR) is 59.8 cm³/mol. The Morgan fingerprint density at radius 1 is 1.19 bits per heavy atom. The SMILES string of the molecule is CCC.CO.O=S(=O)(C(F)F)N1CCCC1. The summed E-state index contributed by atoms with van der Waals surface area (Å²) in [6.07, 6.45) is 2.62. The minimum absolute atomic E-state index is 0.243. The Morgan fingerprint density at radius 3 is 1.75 bits per heavy atom. The molecule has 1 fully saturated rings. The Bertz CT molecular complexity index is 239. The molecule has 1 aliphatic rings. The molecule has 0 spiro atoms. The van der Waals surface area contributed by atoms with E-state index in [2.05, 4.69) is 13.8 Å². The first-order chi connectivity index (χ1) is 7.46. The molecule has 1 heterocycles. The van der Waals surface area contributed by atoms with Gasteiger partial charge >= 0.3 is 5.76 Å². The zero-order valence-corrected chi connectivity index (χ0v) is 10.8. The van der Waals surface area contributed by atoms with Gasteiger partial charge in [-0.3, -0.25) is 0 Å². The Morgan fingerprint density at radius 2 is 1.50 bits per heavy atom. The summed E-state index contributed by atoms with van der Waals surface area (Å²) >= 11 is 0. The van der Waals surface area contributed by atoms with Crippen LogP contribution in [-0.4, -0.2) is 43.8 Å². The normalized spacial score (nSPS) is 16.2. The molecule has 7 heteroatoms. The highest BCUT2D eigenvalue weighted by Gasteiger charge is 2.33. The van der Waals surface area contributed by atoms with Crippen LogP contribution in [0.4, 0.5) is 8.78 Å². The highest BCUT2D eigenvalue weighted by Crippen LogP contribution is 2.17. The average molecular weight is 261 g/mol. The molecule has 0 aromatic rings. The topological polar surface area (TPSA) is 57.6 Å². The van der Waals surface area contributed by atoms with Gasteiger partial charge in [0.2, 0.25) is 0 Å². The van der Waals surface area contributed by atoms with E-state index in [1.165, 1.54) is 6.42 Å². The lowest BCUT2D eigenvalue weighted by Crippen LogP contribution is -2.32. The van der Waals surface area contributed by atoms with Crippen LogP contribution in [0.25, 0.3) is 0 Å². The highest BCUT2D eigenvalue weighted by atomic mass is 32.2. The predicted octanol–water partition coefficient (Wildman–Crippen LogP) is 1.66. The number of alkyl halides is 2. The third kappa shape index (κ3) is 6.34. The van der Waals surface area contributed by atoms with Crippen molar-refractivity contribution in [2.45, 2.75) is 38.9 Å². The lowest BCUT2D eigenvalue weighted by molar-refractivity contribution is 0.222. The van der Waals surface area contributed by atoms with Crippen LogP contribution in [0.15, 0.2) is 0 Å². The van der Waals surface area contributed by atoms with Crippen molar-refractivity contribution in [2.24, 2.45) is 0 Å². The van der Waals surface area contributed by atoms with E-state index in [0.717, 1.165) is 11.4 Å². The summed E-state index contributed by atoms with van der Waals surface area (Å²) in [5.41, 5.74) is 0. The summed E-state index contributed by atoms with van der Waals surface area (Å²) in [7, 11) is -3.28. The fourth-order valence-electron chi connectivity index (χ4n) is 1.06. The molecular weight excluding hydrogens is 240 g/mol. The molecule has 0 amide bonds. The van der Waals surface area contributed by atoms with Gasteiger partial charge in [0.15, 0.2) is 0 Å². The summed E-state index contributed by atoms with van der Waals surface area (Å²) in [6.45, 7) is 4.74. The molecule has 0 aromatic carbocycles. The summed E-state index contributed by atoms with van der Waals surface area (Å²) in [5, 5.41) is 7.00. The van der Waals surface area contributed by atoms with Gasteiger partial charge in [0.05, 0.1) is 0 Å². The maximum Gasteiger partial charge on any atom is 0.350 e. The third-order valence-corrected chi connectivity index (χ3v) is 3.19. The van der Waals surface area contributed by atoms with Gasteiger partial charge in [-0.2, -0.15) is 13.1 Å². The lowest BCUT2D eigenvalue weighted by Gasteiger charge is -2.13. The smallest absolute Gasteiger partial charge is 0.350 e. The van der Waals surface area contributed by atoms with Crippen molar-refractivity contribution in [1.82, 2.24) is 4.31 Å². The van der Waals surface area contributed by atoms with Gasteiger partial charge in [-0.25, -0.2) is 8.42 Å². The van der Waals surface area contributed by atoms with E-state index in [-0.39, 0.29) is 13.1 Å². The zero-order valence-electron chi connectivity index (χ0n) is 9.99. The zero-order chi connectivity index (χ0) is 13.2. The largest absolute Gasteiger partial charge is 0.400 e. The van der Waals surface area contributed by atoms with E-state index in [1.54, 1.807) is 0 Å². The molecule has 1 N–H and O–H groups in total. The van der Waals surface area contributed by atoms with Crippen molar-refractivity contribution in [3.05, 3.63) is 0 Å². The minimum Gasteiger partial charge on any atom is -0.400 e. The average Bonchev–Trinajstić information content (AvgIpc) is 2.75. The third-order valence-electron chi connectivity index (χ3n) is 1.65. The van der Waals surface area contributed by atoms with Crippen molar-refractivity contribution in [3.63, 3.8) is 0 Å². The van der Waals surface area contributed by atoms with Crippen molar-refractivity contribution < 1.29 is 22.3 Å². The second-order valence-corrected chi connectivity index (χ2v) is 5.02. The van der Waals surface area contributed by atoms with Crippen LogP contribution < -0.4 is 0 Å². The van der Waals surface area contributed by atoms with Crippen LogP contribution in [-0.2, 0) is 10.0 Å². The Balaban J connectivity index is 0. The number of aliphatic hydroxyl groups excluding tert-OH is 1. The van der Waals surface area contributed by atoms with E-state index >= 15 is 0 Å². The van der Waals surface area contributed by atoms with Gasteiger partial charge in [-0.05, 0) is 12.8 Å². The molecule has 0 aliphatic carbocycles. The van der Waals surface area contributed by atoms with Gasteiger partial charge in [0.1, 0.15) is 0 Å². The van der Waals surface area contributed by atoms with Crippen LogP contribution in [0.1, 0.15) is 33.1 Å². The number of hydrogen-bond donors (Lipinski definition) is 1. The van der Waals surface area contributed by atoms with Crippen LogP contribution >= 0.6 is 0 Å². The first kappa shape index (κ1) is 18.1. The van der Waals surface area contributed by atoms with E-state index in [1.807, 2.05) is 0 Å². The summed E-state index contributed by atoms with van der Waals surface area (Å²) < 4.78 is 45.9. The van der Waals surface area contributed by atoms with Gasteiger partial charge < -0.3 is 5.11 Å². The van der Waals surface area contributed by atoms with E-state index in [4.69, 9.17) is 5.11 Å². The molecule has 0 atom stereocenters. The molecule has 1 aliphatic heterocycles. The number of hydrogen-bond acceptors (Lipinski definition) is 3. The second kappa shape index (κ2) is 9.92. The molecule has 0 bridgehead atoms. The van der Waals surface area contributed by atoms with Crippen molar-refractivity contribution >= 4 is 10.0 Å². The van der Waals surface area contributed by atoms with Gasteiger partial charge in [-0.15, -0.1) is 0 Å². The Kier molecular flexibility index (Phi) is 11.2. The summed E-state index contributed by atoms with van der Waals surface area (Å²) in [5.74, 6) is -3.26. The Labute approximate surface area is 96.3 Å². The van der Waals surface area contributed by atoms with E-state index in [9.17, 15) is 17.2 Å². The van der Waals surface area contributed by atoms with Crippen molar-refractivity contribution in [1.29, 1.82) is 0 Å². The van der Waals surface area contributed by atoms with Crippen LogP contribution in [0.5, 0.6) is 0 Å². The first-order valence-electron chi connectivity index (χ1n) is 5.18. The van der Waals surface area contributed by atoms with Crippen molar-refractivity contribution in [2.75, 3.05) is 20.2 Å². The van der Waals surface area contributed by atoms with E-state index < -0.39 is 15.8 Å². The maximum atomic E-state index is 11.8. The number of nitrogens with zero attached hydrogens (tertiary/aromatic N) is 1. The molecule has 16 heavy (non-hydrogen) atoms. The summed E-state index contributed by atoms with van der Waals surface area (Å²) in [6, 6.07) is 0. The number of sulfonamides is 1. The second-order valence-electron chi connectivity index (χ2n) is 3.12. The van der Waals surface area contributed by atoms with Crippen molar-refractivity contribution in [3.8, 4) is 0 Å². The molecule has 0 unspecified atom stereocenters. The standard InChI is InChI=1S/C5H9F2NO2S.C3H8.CH4O/c6-5(7)11(9,10)8-3-1-2-4-8;1-3-2;1-2/h5H,1-4H2;3H2,1-2H3;2H,1H3. The number of rotatable bonds is 2. The lowest BCUT2D eigenvalue weighted by atomic mass is 10.4. The van der Waals surface area contributed by atoms with E-state index in [0.29, 0.717) is 12.8 Å². The molecule has 0 saturated carbocycles.